The van der Waals surface area contributed by atoms with Gasteiger partial charge in [-0.25, -0.2) is 0 Å². The third-order valence-corrected chi connectivity index (χ3v) is 4.97. The second-order valence-corrected chi connectivity index (χ2v) is 6.78. The monoisotopic (exact) mass is 268 g/mol. The van der Waals surface area contributed by atoms with Gasteiger partial charge in [-0.2, -0.15) is 0 Å². The number of likely N-dealkylation sites (N-methyl/N-ethyl adjacent to an activating group) is 1. The van der Waals surface area contributed by atoms with E-state index in [-0.39, 0.29) is 17.9 Å². The number of carbonyl (C=O) groups excluding carboxylic acids is 1. The molecule has 4 nitrogen and oxygen atoms in total. The highest BCUT2D eigenvalue weighted by atomic mass is 16.3. The first-order chi connectivity index (χ1) is 8.91. The number of hydrogen-bond acceptors (Lipinski definition) is 3. The molecule has 0 aromatic heterocycles. The molecule has 0 aromatic rings. The largest absolute Gasteiger partial charge is 0.388 e. The molecular weight excluding hydrogens is 240 g/mol. The Morgan fingerprint density at radius 1 is 1.37 bits per heavy atom. The van der Waals surface area contributed by atoms with Crippen LogP contribution in [0.4, 0.5) is 0 Å². The van der Waals surface area contributed by atoms with Crippen molar-refractivity contribution in [2.75, 3.05) is 13.6 Å². The van der Waals surface area contributed by atoms with Crippen LogP contribution in [-0.4, -0.2) is 41.1 Å². The second kappa shape index (κ2) is 5.80. The minimum absolute atomic E-state index is 0.0924. The van der Waals surface area contributed by atoms with Gasteiger partial charge in [-0.1, -0.05) is 19.8 Å². The van der Waals surface area contributed by atoms with Gasteiger partial charge in [0.25, 0.3) is 0 Å². The van der Waals surface area contributed by atoms with E-state index in [0.717, 1.165) is 44.9 Å². The highest BCUT2D eigenvalue weighted by Gasteiger charge is 2.37. The molecular formula is C15H28N2O2. The molecule has 0 aliphatic heterocycles. The standard InChI is InChI=1S/C15H28N2O2/c1-11-9-12(16)5-6-13(11)14(18)17(2)10-15(19)7-3-4-8-15/h11-13,19H,3-10,16H2,1-2H3. The van der Waals surface area contributed by atoms with Gasteiger partial charge in [-0.15, -0.1) is 0 Å². The fourth-order valence-electron chi connectivity index (χ4n) is 3.80. The van der Waals surface area contributed by atoms with Crippen LogP contribution >= 0.6 is 0 Å². The van der Waals surface area contributed by atoms with E-state index in [1.54, 1.807) is 4.90 Å². The molecule has 3 atom stereocenters. The van der Waals surface area contributed by atoms with Crippen LogP contribution in [0.3, 0.4) is 0 Å². The predicted molar refractivity (Wildman–Crippen MR) is 75.5 cm³/mol. The Bertz CT molecular complexity index is 326. The van der Waals surface area contributed by atoms with Gasteiger partial charge in [0.15, 0.2) is 0 Å². The van der Waals surface area contributed by atoms with Crippen LogP contribution in [0.1, 0.15) is 51.9 Å². The number of carbonyl (C=O) groups is 1. The Morgan fingerprint density at radius 3 is 2.58 bits per heavy atom. The fraction of sp³-hybridized carbons (Fsp3) is 0.933. The zero-order chi connectivity index (χ0) is 14.0. The fourth-order valence-corrected chi connectivity index (χ4v) is 3.80. The van der Waals surface area contributed by atoms with Crippen molar-refractivity contribution in [2.45, 2.75) is 63.5 Å². The molecule has 3 unspecified atom stereocenters. The van der Waals surface area contributed by atoms with Gasteiger partial charge >= 0.3 is 0 Å². The van der Waals surface area contributed by atoms with Gasteiger partial charge < -0.3 is 15.7 Å². The molecule has 0 radical (unpaired) electrons. The molecule has 4 heteroatoms. The lowest BCUT2D eigenvalue weighted by molar-refractivity contribution is -0.140. The Morgan fingerprint density at radius 2 is 2.00 bits per heavy atom. The molecule has 0 spiro atoms. The summed E-state index contributed by atoms with van der Waals surface area (Å²) in [5, 5.41) is 10.4. The maximum atomic E-state index is 12.5. The zero-order valence-corrected chi connectivity index (χ0v) is 12.3. The van der Waals surface area contributed by atoms with E-state index < -0.39 is 5.60 Å². The molecule has 2 rings (SSSR count). The van der Waals surface area contributed by atoms with Crippen LogP contribution in [0.2, 0.25) is 0 Å². The van der Waals surface area contributed by atoms with Gasteiger partial charge in [-0.3, -0.25) is 4.79 Å². The molecule has 0 aromatic carbocycles. The molecule has 2 aliphatic carbocycles. The molecule has 3 N–H and O–H groups in total. The van der Waals surface area contributed by atoms with Crippen molar-refractivity contribution in [3.8, 4) is 0 Å². The Kier molecular flexibility index (Phi) is 4.51. The highest BCUT2D eigenvalue weighted by molar-refractivity contribution is 5.79. The summed E-state index contributed by atoms with van der Waals surface area (Å²) in [6.45, 7) is 2.61. The van der Waals surface area contributed by atoms with E-state index >= 15 is 0 Å². The van der Waals surface area contributed by atoms with E-state index in [4.69, 9.17) is 5.73 Å². The average Bonchev–Trinajstić information content (AvgIpc) is 2.75. The first-order valence-corrected chi connectivity index (χ1v) is 7.64. The first kappa shape index (κ1) is 14.8. The lowest BCUT2D eigenvalue weighted by Gasteiger charge is -2.36. The van der Waals surface area contributed by atoms with Gasteiger partial charge in [-0.05, 0) is 38.0 Å². The van der Waals surface area contributed by atoms with Crippen molar-refractivity contribution < 1.29 is 9.90 Å². The summed E-state index contributed by atoms with van der Waals surface area (Å²) in [5.41, 5.74) is 5.31. The minimum atomic E-state index is -0.640. The van der Waals surface area contributed by atoms with Gasteiger partial charge in [0.2, 0.25) is 5.91 Å². The summed E-state index contributed by atoms with van der Waals surface area (Å²) in [6.07, 6.45) is 6.59. The van der Waals surface area contributed by atoms with Crippen molar-refractivity contribution in [2.24, 2.45) is 17.6 Å². The Labute approximate surface area is 116 Å². The topological polar surface area (TPSA) is 66.6 Å². The van der Waals surface area contributed by atoms with E-state index in [1.807, 2.05) is 7.05 Å². The summed E-state index contributed by atoms with van der Waals surface area (Å²) in [7, 11) is 1.83. The number of nitrogens with two attached hydrogens (primary N) is 1. The molecule has 1 amide bonds. The average molecular weight is 268 g/mol. The number of rotatable bonds is 3. The SMILES string of the molecule is CC1CC(N)CCC1C(=O)N(C)CC1(O)CCCC1. The summed E-state index contributed by atoms with van der Waals surface area (Å²) < 4.78 is 0. The molecule has 2 aliphatic rings. The van der Waals surface area contributed by atoms with E-state index in [9.17, 15) is 9.90 Å². The Hall–Kier alpha value is -0.610. The molecule has 0 heterocycles. The first-order valence-electron chi connectivity index (χ1n) is 7.64. The summed E-state index contributed by atoms with van der Waals surface area (Å²) in [6, 6.07) is 0.253. The van der Waals surface area contributed by atoms with E-state index in [2.05, 4.69) is 6.92 Å². The molecule has 0 bridgehead atoms. The molecule has 110 valence electrons. The Balaban J connectivity index is 1.91. The predicted octanol–water partition coefficient (Wildman–Crippen LogP) is 1.51. The molecule has 19 heavy (non-hydrogen) atoms. The number of aliphatic hydroxyl groups is 1. The number of hydrogen-bond donors (Lipinski definition) is 2. The third-order valence-electron chi connectivity index (χ3n) is 4.97. The molecule has 2 fully saturated rings. The lowest BCUT2D eigenvalue weighted by Crippen LogP contribution is -2.47. The smallest absolute Gasteiger partial charge is 0.225 e. The summed E-state index contributed by atoms with van der Waals surface area (Å²) in [4.78, 5) is 14.3. The van der Waals surface area contributed by atoms with Crippen LogP contribution in [0.5, 0.6) is 0 Å². The third kappa shape index (κ3) is 3.48. The maximum Gasteiger partial charge on any atom is 0.225 e. The molecule has 0 saturated heterocycles. The summed E-state index contributed by atoms with van der Waals surface area (Å²) in [5.74, 6) is 0.645. The maximum absolute atomic E-state index is 12.5. The van der Waals surface area contributed by atoms with Crippen LogP contribution in [-0.2, 0) is 4.79 Å². The van der Waals surface area contributed by atoms with Crippen molar-refractivity contribution in [1.82, 2.24) is 4.90 Å². The van der Waals surface area contributed by atoms with Gasteiger partial charge in [0.1, 0.15) is 0 Å². The van der Waals surface area contributed by atoms with Crippen LogP contribution < -0.4 is 5.73 Å². The van der Waals surface area contributed by atoms with Crippen LogP contribution in [0, 0.1) is 11.8 Å². The van der Waals surface area contributed by atoms with Crippen LogP contribution in [0.15, 0.2) is 0 Å². The highest BCUT2D eigenvalue weighted by Crippen LogP contribution is 2.33. The second-order valence-electron chi connectivity index (χ2n) is 6.78. The number of nitrogens with zero attached hydrogens (tertiary/aromatic N) is 1. The van der Waals surface area contributed by atoms with Crippen molar-refractivity contribution in [3.05, 3.63) is 0 Å². The van der Waals surface area contributed by atoms with Crippen molar-refractivity contribution in [3.63, 3.8) is 0 Å². The van der Waals surface area contributed by atoms with Crippen LogP contribution in [0.25, 0.3) is 0 Å². The minimum Gasteiger partial charge on any atom is -0.388 e. The zero-order valence-electron chi connectivity index (χ0n) is 12.3. The van der Waals surface area contributed by atoms with Gasteiger partial charge in [0.05, 0.1) is 5.60 Å². The normalized spacial score (nSPS) is 34.2. The van der Waals surface area contributed by atoms with E-state index in [0.29, 0.717) is 12.5 Å². The quantitative estimate of drug-likeness (QED) is 0.815. The lowest BCUT2D eigenvalue weighted by atomic mass is 9.77. The van der Waals surface area contributed by atoms with Gasteiger partial charge in [0, 0.05) is 25.6 Å². The van der Waals surface area contributed by atoms with E-state index in [1.165, 1.54) is 0 Å². The van der Waals surface area contributed by atoms with Crippen molar-refractivity contribution >= 4 is 5.91 Å². The summed E-state index contributed by atoms with van der Waals surface area (Å²) >= 11 is 0. The van der Waals surface area contributed by atoms with Crippen molar-refractivity contribution in [1.29, 1.82) is 0 Å². The molecule has 2 saturated carbocycles. The number of amides is 1.